The van der Waals surface area contributed by atoms with Gasteiger partial charge < -0.3 is 10.1 Å². The van der Waals surface area contributed by atoms with Gasteiger partial charge in [0.1, 0.15) is 12.1 Å². The maximum atomic E-state index is 12.7. The van der Waals surface area contributed by atoms with Crippen LogP contribution >= 0.6 is 0 Å². The van der Waals surface area contributed by atoms with Crippen molar-refractivity contribution in [1.82, 2.24) is 19.6 Å². The third kappa shape index (κ3) is 4.52. The normalized spacial score (nSPS) is 11.6. The van der Waals surface area contributed by atoms with Gasteiger partial charge in [0.25, 0.3) is 5.78 Å². The number of nitrogens with zero attached hydrogens (tertiary/aromatic N) is 4. The first-order valence-electron chi connectivity index (χ1n) is 8.10. The number of nitrogens with one attached hydrogen (secondary N) is 1. The summed E-state index contributed by atoms with van der Waals surface area (Å²) in [5.41, 5.74) is 0.874. The van der Waals surface area contributed by atoms with E-state index in [0.29, 0.717) is 17.3 Å². The largest absolute Gasteiger partial charge is 0.424 e. The molecule has 2 aromatic heterocycles. The van der Waals surface area contributed by atoms with Gasteiger partial charge in [0, 0.05) is 18.2 Å². The van der Waals surface area contributed by atoms with Gasteiger partial charge in [-0.15, -0.1) is 0 Å². The molecule has 0 aliphatic carbocycles. The summed E-state index contributed by atoms with van der Waals surface area (Å²) in [6.07, 6.45) is -4.01. The van der Waals surface area contributed by atoms with Crippen LogP contribution in [0.3, 0.4) is 0 Å². The molecule has 0 unspecified atom stereocenters. The molecular formula is C17H16F3N5O2. The maximum Gasteiger partial charge on any atom is 0.393 e. The minimum absolute atomic E-state index is 0.0295. The Kier molecular flexibility index (Phi) is 4.98. The van der Waals surface area contributed by atoms with Crippen LogP contribution in [0.1, 0.15) is 24.6 Å². The van der Waals surface area contributed by atoms with Crippen LogP contribution in [0.15, 0.2) is 30.6 Å². The van der Waals surface area contributed by atoms with Gasteiger partial charge in [-0.1, -0.05) is 13.0 Å². The predicted molar refractivity (Wildman–Crippen MR) is 90.9 cm³/mol. The Bertz CT molecular complexity index is 984. The topological polar surface area (TPSA) is 81.4 Å². The van der Waals surface area contributed by atoms with E-state index in [9.17, 15) is 18.0 Å². The van der Waals surface area contributed by atoms with Crippen LogP contribution in [0.4, 0.5) is 24.7 Å². The lowest BCUT2D eigenvalue weighted by Crippen LogP contribution is -2.13. The lowest BCUT2D eigenvalue weighted by Gasteiger charge is -2.15. The summed E-state index contributed by atoms with van der Waals surface area (Å²) in [4.78, 5) is 19.9. The summed E-state index contributed by atoms with van der Waals surface area (Å²) in [6.45, 7) is 3.37. The van der Waals surface area contributed by atoms with Crippen molar-refractivity contribution in [3.63, 3.8) is 0 Å². The number of aromatic nitrogens is 4. The highest BCUT2D eigenvalue weighted by molar-refractivity contribution is 5.76. The average molecular weight is 379 g/mol. The van der Waals surface area contributed by atoms with E-state index in [1.807, 2.05) is 0 Å². The molecule has 0 aliphatic rings. The van der Waals surface area contributed by atoms with Crippen LogP contribution in [-0.2, 0) is 11.2 Å². The van der Waals surface area contributed by atoms with Crippen molar-refractivity contribution in [2.75, 3.05) is 5.32 Å². The van der Waals surface area contributed by atoms with E-state index in [1.165, 1.54) is 29.0 Å². The zero-order valence-corrected chi connectivity index (χ0v) is 14.5. The SMILES string of the molecule is CCC(=O)Oc1ccc(CC(F)(F)F)cc1Nc1cc(C)nc2ncnn12. The van der Waals surface area contributed by atoms with Crippen LogP contribution in [0.2, 0.25) is 0 Å². The molecule has 0 fully saturated rings. The summed E-state index contributed by atoms with van der Waals surface area (Å²) >= 11 is 0. The van der Waals surface area contributed by atoms with Crippen molar-refractivity contribution in [3.05, 3.63) is 41.9 Å². The van der Waals surface area contributed by atoms with Crippen LogP contribution < -0.4 is 10.1 Å². The summed E-state index contributed by atoms with van der Waals surface area (Å²) in [5.74, 6) is 0.373. The Morgan fingerprint density at radius 2 is 2.07 bits per heavy atom. The molecule has 0 spiro atoms. The van der Waals surface area contributed by atoms with Crippen molar-refractivity contribution in [3.8, 4) is 5.75 Å². The second-order valence-corrected chi connectivity index (χ2v) is 5.83. The van der Waals surface area contributed by atoms with E-state index in [0.717, 1.165) is 0 Å². The Labute approximate surface area is 152 Å². The van der Waals surface area contributed by atoms with Gasteiger partial charge in [-0.05, 0) is 24.6 Å². The lowest BCUT2D eigenvalue weighted by molar-refractivity contribution is -0.134. The molecule has 2 heterocycles. The third-order valence-electron chi connectivity index (χ3n) is 3.60. The molecular weight excluding hydrogens is 363 g/mol. The first-order valence-corrected chi connectivity index (χ1v) is 8.10. The van der Waals surface area contributed by atoms with Gasteiger partial charge in [0.2, 0.25) is 0 Å². The lowest BCUT2D eigenvalue weighted by atomic mass is 10.1. The molecule has 3 rings (SSSR count). The quantitative estimate of drug-likeness (QED) is 0.539. The highest BCUT2D eigenvalue weighted by Crippen LogP contribution is 2.32. The average Bonchev–Trinajstić information content (AvgIpc) is 3.04. The van der Waals surface area contributed by atoms with E-state index < -0.39 is 18.6 Å². The van der Waals surface area contributed by atoms with E-state index in [2.05, 4.69) is 20.4 Å². The summed E-state index contributed by atoms with van der Waals surface area (Å²) in [7, 11) is 0. The number of halogens is 3. The predicted octanol–water partition coefficient (Wildman–Crippen LogP) is 3.60. The van der Waals surface area contributed by atoms with Crippen LogP contribution in [0.25, 0.3) is 5.78 Å². The number of esters is 1. The second-order valence-electron chi connectivity index (χ2n) is 5.83. The molecule has 0 saturated carbocycles. The van der Waals surface area contributed by atoms with Gasteiger partial charge in [-0.25, -0.2) is 4.98 Å². The number of anilines is 2. The third-order valence-corrected chi connectivity index (χ3v) is 3.60. The molecule has 3 aromatic rings. The molecule has 0 aliphatic heterocycles. The number of aryl methyl sites for hydroxylation is 1. The Hall–Kier alpha value is -3.17. The molecule has 7 nitrogen and oxygen atoms in total. The van der Waals surface area contributed by atoms with Gasteiger partial charge in [-0.3, -0.25) is 4.79 Å². The van der Waals surface area contributed by atoms with E-state index >= 15 is 0 Å². The van der Waals surface area contributed by atoms with Crippen molar-refractivity contribution in [2.24, 2.45) is 0 Å². The molecule has 142 valence electrons. The number of carbonyl (C=O) groups is 1. The Balaban J connectivity index is 2.03. The van der Waals surface area contributed by atoms with Crippen molar-refractivity contribution >= 4 is 23.3 Å². The highest BCUT2D eigenvalue weighted by atomic mass is 19.4. The Morgan fingerprint density at radius 1 is 1.30 bits per heavy atom. The summed E-state index contributed by atoms with van der Waals surface area (Å²) in [6, 6.07) is 5.57. The van der Waals surface area contributed by atoms with Gasteiger partial charge in [0.15, 0.2) is 5.75 Å². The molecule has 0 amide bonds. The number of benzene rings is 1. The van der Waals surface area contributed by atoms with Crippen molar-refractivity contribution in [2.45, 2.75) is 32.9 Å². The fourth-order valence-corrected chi connectivity index (χ4v) is 2.46. The molecule has 1 N–H and O–H groups in total. The molecule has 1 aromatic carbocycles. The molecule has 27 heavy (non-hydrogen) atoms. The number of hydrogen-bond acceptors (Lipinski definition) is 6. The number of fused-ring (bicyclic) bond motifs is 1. The number of carbonyl (C=O) groups excluding carboxylic acids is 1. The number of rotatable bonds is 5. The summed E-state index contributed by atoms with van der Waals surface area (Å²) in [5, 5.41) is 7.01. The van der Waals surface area contributed by atoms with Gasteiger partial charge >= 0.3 is 12.1 Å². The Morgan fingerprint density at radius 3 is 2.78 bits per heavy atom. The van der Waals surface area contributed by atoms with Crippen LogP contribution in [0, 0.1) is 6.92 Å². The van der Waals surface area contributed by atoms with Crippen LogP contribution in [0.5, 0.6) is 5.75 Å². The maximum absolute atomic E-state index is 12.7. The number of hydrogen-bond donors (Lipinski definition) is 1. The zero-order valence-electron chi connectivity index (χ0n) is 14.5. The van der Waals surface area contributed by atoms with Gasteiger partial charge in [0.05, 0.1) is 12.1 Å². The van der Waals surface area contributed by atoms with E-state index in [-0.39, 0.29) is 23.4 Å². The highest BCUT2D eigenvalue weighted by Gasteiger charge is 2.28. The van der Waals surface area contributed by atoms with Crippen molar-refractivity contribution < 1.29 is 22.7 Å². The molecule has 0 atom stereocenters. The van der Waals surface area contributed by atoms with E-state index in [1.54, 1.807) is 19.9 Å². The monoisotopic (exact) mass is 379 g/mol. The smallest absolute Gasteiger partial charge is 0.393 e. The standard InChI is InChI=1S/C17H16F3N5O2/c1-3-15(26)27-13-5-4-11(8-17(18,19)20)7-12(13)24-14-6-10(2)23-16-21-9-22-25(14)16/h4-7,9,24H,3,8H2,1-2H3. The van der Waals surface area contributed by atoms with E-state index in [4.69, 9.17) is 4.74 Å². The minimum Gasteiger partial charge on any atom is -0.424 e. The zero-order chi connectivity index (χ0) is 19.6. The number of alkyl halides is 3. The molecule has 0 saturated heterocycles. The minimum atomic E-state index is -4.36. The second kappa shape index (κ2) is 7.22. The number of ether oxygens (including phenoxy) is 1. The molecule has 10 heteroatoms. The van der Waals surface area contributed by atoms with Crippen LogP contribution in [-0.4, -0.2) is 31.7 Å². The van der Waals surface area contributed by atoms with Gasteiger partial charge in [-0.2, -0.15) is 27.8 Å². The fourth-order valence-electron chi connectivity index (χ4n) is 2.46. The first-order chi connectivity index (χ1) is 12.7. The molecule has 0 radical (unpaired) electrons. The fraction of sp³-hybridized carbons (Fsp3) is 0.294. The molecule has 0 bridgehead atoms. The summed E-state index contributed by atoms with van der Waals surface area (Å²) < 4.78 is 44.9. The first kappa shape index (κ1) is 18.6. The van der Waals surface area contributed by atoms with Crippen molar-refractivity contribution in [1.29, 1.82) is 0 Å².